The summed E-state index contributed by atoms with van der Waals surface area (Å²) in [6, 6.07) is 0. The Morgan fingerprint density at radius 2 is 1.50 bits per heavy atom. The number of hydrogen-bond donors (Lipinski definition) is 0. The van der Waals surface area contributed by atoms with E-state index in [-0.39, 0.29) is 19.1 Å². The van der Waals surface area contributed by atoms with Gasteiger partial charge in [-0.1, -0.05) is 32.9 Å². The van der Waals surface area contributed by atoms with E-state index in [9.17, 15) is 9.59 Å². The molecule has 0 aliphatic carbocycles. The molecule has 0 spiro atoms. The van der Waals surface area contributed by atoms with Gasteiger partial charge in [0.15, 0.2) is 5.41 Å². The minimum atomic E-state index is -1.31. The van der Waals surface area contributed by atoms with E-state index < -0.39 is 17.4 Å². The predicted octanol–water partition coefficient (Wildman–Crippen LogP) is 2.72. The molecule has 0 saturated heterocycles. The normalized spacial score (nSPS) is 11.9. The van der Waals surface area contributed by atoms with Gasteiger partial charge in [-0.05, 0) is 26.2 Å². The SMILES string of the molecule is CCOC(=O)C(/C=C\C(C)C)(CC)C(=O)OCC. The van der Waals surface area contributed by atoms with Gasteiger partial charge >= 0.3 is 11.9 Å². The van der Waals surface area contributed by atoms with Crippen molar-refractivity contribution >= 4 is 11.9 Å². The molecule has 0 saturated carbocycles. The largest absolute Gasteiger partial charge is 0.465 e. The number of carbonyl (C=O) groups is 2. The van der Waals surface area contributed by atoms with Gasteiger partial charge in [-0.25, -0.2) is 0 Å². The van der Waals surface area contributed by atoms with Crippen LogP contribution in [-0.2, 0) is 19.1 Å². The molecule has 0 aliphatic rings. The zero-order valence-electron chi connectivity index (χ0n) is 12.0. The van der Waals surface area contributed by atoms with E-state index in [2.05, 4.69) is 0 Å². The van der Waals surface area contributed by atoms with Crippen molar-refractivity contribution in [2.75, 3.05) is 13.2 Å². The molecule has 0 fully saturated rings. The van der Waals surface area contributed by atoms with Crippen LogP contribution in [0.3, 0.4) is 0 Å². The average Bonchev–Trinajstić information content (AvgIpc) is 2.30. The number of esters is 2. The molecular formula is C14H24O4. The quantitative estimate of drug-likeness (QED) is 0.399. The minimum Gasteiger partial charge on any atom is -0.465 e. The van der Waals surface area contributed by atoms with Crippen molar-refractivity contribution in [3.63, 3.8) is 0 Å². The predicted molar refractivity (Wildman–Crippen MR) is 70.0 cm³/mol. The Hall–Kier alpha value is -1.32. The van der Waals surface area contributed by atoms with E-state index in [1.54, 1.807) is 26.8 Å². The van der Waals surface area contributed by atoms with Crippen LogP contribution in [0.4, 0.5) is 0 Å². The first kappa shape index (κ1) is 16.7. The van der Waals surface area contributed by atoms with Crippen molar-refractivity contribution in [3.8, 4) is 0 Å². The van der Waals surface area contributed by atoms with Gasteiger partial charge in [0.1, 0.15) is 0 Å². The van der Waals surface area contributed by atoms with Gasteiger partial charge in [0.05, 0.1) is 13.2 Å². The van der Waals surface area contributed by atoms with Crippen molar-refractivity contribution in [1.82, 2.24) is 0 Å². The third-order valence-corrected chi connectivity index (χ3v) is 2.60. The van der Waals surface area contributed by atoms with Crippen LogP contribution in [0.2, 0.25) is 0 Å². The van der Waals surface area contributed by atoms with Crippen molar-refractivity contribution in [3.05, 3.63) is 12.2 Å². The molecule has 18 heavy (non-hydrogen) atoms. The average molecular weight is 256 g/mol. The van der Waals surface area contributed by atoms with E-state index in [1.807, 2.05) is 19.9 Å². The Labute approximate surface area is 109 Å². The van der Waals surface area contributed by atoms with Crippen LogP contribution in [-0.4, -0.2) is 25.2 Å². The third-order valence-electron chi connectivity index (χ3n) is 2.60. The first-order valence-corrected chi connectivity index (χ1v) is 6.48. The smallest absolute Gasteiger partial charge is 0.327 e. The van der Waals surface area contributed by atoms with Crippen molar-refractivity contribution in [2.45, 2.75) is 41.0 Å². The molecule has 0 aromatic heterocycles. The number of allylic oxidation sites excluding steroid dienone is 1. The van der Waals surface area contributed by atoms with Crippen LogP contribution in [0.1, 0.15) is 41.0 Å². The van der Waals surface area contributed by atoms with Gasteiger partial charge in [-0.15, -0.1) is 0 Å². The second-order valence-electron chi connectivity index (χ2n) is 4.37. The van der Waals surface area contributed by atoms with Crippen LogP contribution in [0.5, 0.6) is 0 Å². The molecule has 0 aliphatic heterocycles. The molecule has 0 amide bonds. The molecule has 0 unspecified atom stereocenters. The minimum absolute atomic E-state index is 0.246. The lowest BCUT2D eigenvalue weighted by atomic mass is 9.84. The van der Waals surface area contributed by atoms with Gasteiger partial charge in [0.25, 0.3) is 0 Å². The molecule has 0 atom stereocenters. The lowest BCUT2D eigenvalue weighted by Crippen LogP contribution is -2.40. The molecule has 0 bridgehead atoms. The highest BCUT2D eigenvalue weighted by molar-refractivity contribution is 6.02. The lowest BCUT2D eigenvalue weighted by Gasteiger charge is -2.24. The maximum atomic E-state index is 12.1. The fourth-order valence-electron chi connectivity index (χ4n) is 1.50. The Morgan fingerprint density at radius 1 is 1.06 bits per heavy atom. The van der Waals surface area contributed by atoms with Gasteiger partial charge in [-0.3, -0.25) is 9.59 Å². The van der Waals surface area contributed by atoms with Crippen molar-refractivity contribution < 1.29 is 19.1 Å². The molecule has 0 radical (unpaired) electrons. The highest BCUT2D eigenvalue weighted by Gasteiger charge is 2.45. The van der Waals surface area contributed by atoms with E-state index in [0.717, 1.165) is 0 Å². The van der Waals surface area contributed by atoms with Gasteiger partial charge in [0.2, 0.25) is 0 Å². The molecule has 0 rings (SSSR count). The Balaban J connectivity index is 5.31. The van der Waals surface area contributed by atoms with E-state index in [4.69, 9.17) is 9.47 Å². The highest BCUT2D eigenvalue weighted by atomic mass is 16.6. The second kappa shape index (κ2) is 7.90. The first-order chi connectivity index (χ1) is 8.44. The van der Waals surface area contributed by atoms with Crippen LogP contribution in [0, 0.1) is 11.3 Å². The molecule has 104 valence electrons. The van der Waals surface area contributed by atoms with E-state index >= 15 is 0 Å². The summed E-state index contributed by atoms with van der Waals surface area (Å²) in [5.74, 6) is -0.828. The molecular weight excluding hydrogens is 232 g/mol. The summed E-state index contributed by atoms with van der Waals surface area (Å²) < 4.78 is 10.0. The third kappa shape index (κ3) is 4.17. The van der Waals surface area contributed by atoms with Gasteiger partial charge < -0.3 is 9.47 Å². The maximum Gasteiger partial charge on any atom is 0.327 e. The van der Waals surface area contributed by atoms with E-state index in [0.29, 0.717) is 6.42 Å². The summed E-state index contributed by atoms with van der Waals surface area (Å²) in [6.45, 7) is 9.66. The molecule has 0 aromatic rings. The van der Waals surface area contributed by atoms with Crippen LogP contribution >= 0.6 is 0 Å². The fourth-order valence-corrected chi connectivity index (χ4v) is 1.50. The Morgan fingerprint density at radius 3 is 1.78 bits per heavy atom. The van der Waals surface area contributed by atoms with Gasteiger partial charge in [-0.2, -0.15) is 0 Å². The summed E-state index contributed by atoms with van der Waals surface area (Å²) in [7, 11) is 0. The number of hydrogen-bond acceptors (Lipinski definition) is 4. The summed E-state index contributed by atoms with van der Waals surface area (Å²) >= 11 is 0. The summed E-state index contributed by atoms with van der Waals surface area (Å²) in [5, 5.41) is 0. The standard InChI is InChI=1S/C14H24O4/c1-6-14(10-9-11(4)5,12(15)17-7-2)13(16)18-8-3/h9-11H,6-8H2,1-5H3/b10-9-. The van der Waals surface area contributed by atoms with Crippen LogP contribution < -0.4 is 0 Å². The molecule has 4 nitrogen and oxygen atoms in total. The highest BCUT2D eigenvalue weighted by Crippen LogP contribution is 2.28. The second-order valence-corrected chi connectivity index (χ2v) is 4.37. The summed E-state index contributed by atoms with van der Waals surface area (Å²) in [6.07, 6.45) is 3.78. The molecule has 0 aromatic carbocycles. The zero-order valence-corrected chi connectivity index (χ0v) is 12.0. The monoisotopic (exact) mass is 256 g/mol. The fraction of sp³-hybridized carbons (Fsp3) is 0.714. The lowest BCUT2D eigenvalue weighted by molar-refractivity contribution is -0.168. The van der Waals surface area contributed by atoms with Gasteiger partial charge in [0, 0.05) is 0 Å². The number of carbonyl (C=O) groups excluding carboxylic acids is 2. The van der Waals surface area contributed by atoms with E-state index in [1.165, 1.54) is 0 Å². The molecule has 4 heteroatoms. The number of rotatable bonds is 7. The van der Waals surface area contributed by atoms with Crippen LogP contribution in [0.15, 0.2) is 12.2 Å². The summed E-state index contributed by atoms with van der Waals surface area (Å²) in [4.78, 5) is 24.1. The first-order valence-electron chi connectivity index (χ1n) is 6.48. The maximum absolute atomic E-state index is 12.1. The topological polar surface area (TPSA) is 52.6 Å². The zero-order chi connectivity index (χ0) is 14.2. The molecule has 0 heterocycles. The number of ether oxygens (including phenoxy) is 2. The van der Waals surface area contributed by atoms with Crippen molar-refractivity contribution in [1.29, 1.82) is 0 Å². The Bertz CT molecular complexity index is 287. The van der Waals surface area contributed by atoms with Crippen LogP contribution in [0.25, 0.3) is 0 Å². The molecule has 0 N–H and O–H groups in total. The Kier molecular flexibility index (Phi) is 7.32. The van der Waals surface area contributed by atoms with Crippen molar-refractivity contribution in [2.24, 2.45) is 11.3 Å². The summed E-state index contributed by atoms with van der Waals surface area (Å²) in [5.41, 5.74) is -1.31.